The minimum Gasteiger partial charge on any atom is -0.450 e. The molecule has 138 valence electrons. The van der Waals surface area contributed by atoms with Gasteiger partial charge in [-0.1, -0.05) is 25.1 Å². The van der Waals surface area contributed by atoms with Gasteiger partial charge in [-0.2, -0.15) is 0 Å². The van der Waals surface area contributed by atoms with Gasteiger partial charge in [0.15, 0.2) is 5.43 Å². The number of rotatable bonds is 3. The number of hydrogen-bond acceptors (Lipinski definition) is 3. The lowest BCUT2D eigenvalue weighted by Crippen LogP contribution is -2.30. The van der Waals surface area contributed by atoms with Gasteiger partial charge in [0.2, 0.25) is 5.76 Å². The molecule has 1 aromatic heterocycles. The van der Waals surface area contributed by atoms with E-state index < -0.39 is 6.04 Å². The van der Waals surface area contributed by atoms with Gasteiger partial charge in [-0.3, -0.25) is 9.59 Å². The molecule has 0 saturated heterocycles. The Morgan fingerprint density at radius 1 is 1.11 bits per heavy atom. The molecule has 0 aliphatic carbocycles. The largest absolute Gasteiger partial charge is 0.450 e. The zero-order valence-electron chi connectivity index (χ0n) is 15.5. The summed E-state index contributed by atoms with van der Waals surface area (Å²) in [5.74, 6) is -0.554. The van der Waals surface area contributed by atoms with Gasteiger partial charge in [-0.05, 0) is 55.2 Å². The molecule has 2 aromatic carbocycles. The van der Waals surface area contributed by atoms with Crippen molar-refractivity contribution in [2.45, 2.75) is 33.2 Å². The Hall–Kier alpha value is -2.95. The van der Waals surface area contributed by atoms with E-state index in [0.29, 0.717) is 28.6 Å². The molecular formula is C22H20FNO3. The van der Waals surface area contributed by atoms with E-state index in [1.165, 1.54) is 12.1 Å². The SMILES string of the molecule is CCCN1C(=O)c2oc3cc(C)cc(C)c3c(=O)c2C1c1ccc(F)cc1. The first-order chi connectivity index (χ1) is 12.9. The minimum atomic E-state index is -0.561. The van der Waals surface area contributed by atoms with Gasteiger partial charge < -0.3 is 9.32 Å². The molecule has 2 heterocycles. The molecule has 1 unspecified atom stereocenters. The number of amides is 1. The van der Waals surface area contributed by atoms with Crippen molar-refractivity contribution >= 4 is 16.9 Å². The third kappa shape index (κ3) is 2.65. The highest BCUT2D eigenvalue weighted by atomic mass is 19.1. The number of carbonyl (C=O) groups excluding carboxylic acids is 1. The Morgan fingerprint density at radius 3 is 2.48 bits per heavy atom. The third-order valence-electron chi connectivity index (χ3n) is 5.06. The Morgan fingerprint density at radius 2 is 1.81 bits per heavy atom. The van der Waals surface area contributed by atoms with E-state index in [9.17, 15) is 14.0 Å². The van der Waals surface area contributed by atoms with E-state index in [-0.39, 0.29) is 22.9 Å². The molecule has 1 aliphatic heterocycles. The minimum absolute atomic E-state index is 0.0975. The number of benzene rings is 2. The highest BCUT2D eigenvalue weighted by Crippen LogP contribution is 2.38. The second-order valence-electron chi connectivity index (χ2n) is 7.08. The van der Waals surface area contributed by atoms with E-state index in [4.69, 9.17) is 4.42 Å². The monoisotopic (exact) mass is 365 g/mol. The topological polar surface area (TPSA) is 50.5 Å². The maximum absolute atomic E-state index is 13.4. The van der Waals surface area contributed by atoms with Gasteiger partial charge in [0, 0.05) is 6.54 Å². The number of carbonyl (C=O) groups is 1. The summed E-state index contributed by atoms with van der Waals surface area (Å²) in [5.41, 5.74) is 3.08. The third-order valence-corrected chi connectivity index (χ3v) is 5.06. The smallest absolute Gasteiger partial charge is 0.290 e. The molecule has 27 heavy (non-hydrogen) atoms. The van der Waals surface area contributed by atoms with Crippen LogP contribution < -0.4 is 5.43 Å². The van der Waals surface area contributed by atoms with Crippen molar-refractivity contribution in [3.8, 4) is 0 Å². The summed E-state index contributed by atoms with van der Waals surface area (Å²) in [4.78, 5) is 28.1. The van der Waals surface area contributed by atoms with Crippen LogP contribution in [-0.4, -0.2) is 17.4 Å². The van der Waals surface area contributed by atoms with Crippen molar-refractivity contribution < 1.29 is 13.6 Å². The van der Waals surface area contributed by atoms with Gasteiger partial charge in [-0.15, -0.1) is 0 Å². The lowest BCUT2D eigenvalue weighted by molar-refractivity contribution is 0.0728. The Balaban J connectivity index is 2.04. The van der Waals surface area contributed by atoms with E-state index in [1.54, 1.807) is 23.1 Å². The number of aryl methyl sites for hydroxylation is 2. The molecule has 0 fully saturated rings. The molecule has 5 heteroatoms. The van der Waals surface area contributed by atoms with Crippen LogP contribution in [0.15, 0.2) is 45.6 Å². The van der Waals surface area contributed by atoms with Crippen molar-refractivity contribution in [2.24, 2.45) is 0 Å². The van der Waals surface area contributed by atoms with E-state index in [1.807, 2.05) is 26.8 Å². The van der Waals surface area contributed by atoms with Crippen LogP contribution in [0.3, 0.4) is 0 Å². The zero-order chi connectivity index (χ0) is 19.3. The van der Waals surface area contributed by atoms with Crippen LogP contribution >= 0.6 is 0 Å². The Labute approximate surface area is 156 Å². The fourth-order valence-corrected chi connectivity index (χ4v) is 3.98. The van der Waals surface area contributed by atoms with E-state index in [0.717, 1.165) is 17.5 Å². The molecule has 4 nitrogen and oxygen atoms in total. The average Bonchev–Trinajstić information content (AvgIpc) is 2.88. The fourth-order valence-electron chi connectivity index (χ4n) is 3.98. The summed E-state index contributed by atoms with van der Waals surface area (Å²) < 4.78 is 19.4. The summed E-state index contributed by atoms with van der Waals surface area (Å²) in [7, 11) is 0. The predicted molar refractivity (Wildman–Crippen MR) is 102 cm³/mol. The predicted octanol–water partition coefficient (Wildman–Crippen LogP) is 4.50. The maximum atomic E-state index is 13.4. The van der Waals surface area contributed by atoms with Gasteiger partial charge in [-0.25, -0.2) is 4.39 Å². The van der Waals surface area contributed by atoms with Crippen molar-refractivity contribution in [2.75, 3.05) is 6.54 Å². The van der Waals surface area contributed by atoms with Crippen LogP contribution in [-0.2, 0) is 0 Å². The van der Waals surface area contributed by atoms with Crippen LogP contribution in [0.4, 0.5) is 4.39 Å². The van der Waals surface area contributed by atoms with Crippen molar-refractivity contribution in [3.63, 3.8) is 0 Å². The number of fused-ring (bicyclic) bond motifs is 2. The van der Waals surface area contributed by atoms with Gasteiger partial charge in [0.1, 0.15) is 11.4 Å². The first kappa shape index (κ1) is 17.5. The molecule has 0 N–H and O–H groups in total. The van der Waals surface area contributed by atoms with Gasteiger partial charge >= 0.3 is 0 Å². The molecule has 4 rings (SSSR count). The van der Waals surface area contributed by atoms with Crippen molar-refractivity contribution in [1.29, 1.82) is 0 Å². The molecule has 1 amide bonds. The normalized spacial score (nSPS) is 16.2. The molecule has 0 bridgehead atoms. The highest BCUT2D eigenvalue weighted by molar-refractivity contribution is 5.99. The maximum Gasteiger partial charge on any atom is 0.290 e. The molecule has 3 aromatic rings. The summed E-state index contributed by atoms with van der Waals surface area (Å²) >= 11 is 0. The zero-order valence-corrected chi connectivity index (χ0v) is 15.5. The molecule has 1 aliphatic rings. The first-order valence-electron chi connectivity index (χ1n) is 9.06. The summed E-state index contributed by atoms with van der Waals surface area (Å²) in [6, 6.07) is 9.09. The van der Waals surface area contributed by atoms with Crippen LogP contribution in [0, 0.1) is 19.7 Å². The lowest BCUT2D eigenvalue weighted by atomic mass is 9.97. The number of nitrogens with zero attached hydrogens (tertiary/aromatic N) is 1. The van der Waals surface area contributed by atoms with Crippen LogP contribution in [0.2, 0.25) is 0 Å². The van der Waals surface area contributed by atoms with Crippen molar-refractivity contribution in [3.05, 3.63) is 80.5 Å². The quantitative estimate of drug-likeness (QED) is 0.686. The molecule has 0 saturated carbocycles. The average molecular weight is 365 g/mol. The summed E-state index contributed by atoms with van der Waals surface area (Å²) in [6.45, 7) is 6.24. The van der Waals surface area contributed by atoms with E-state index >= 15 is 0 Å². The number of hydrogen-bond donors (Lipinski definition) is 0. The van der Waals surface area contributed by atoms with Gasteiger partial charge in [0.05, 0.1) is 17.0 Å². The summed E-state index contributed by atoms with van der Waals surface area (Å²) in [6.07, 6.45) is 0.739. The Bertz CT molecular complexity index is 1120. The van der Waals surface area contributed by atoms with E-state index in [2.05, 4.69) is 0 Å². The summed E-state index contributed by atoms with van der Waals surface area (Å²) in [5, 5.41) is 0.498. The second-order valence-corrected chi connectivity index (χ2v) is 7.08. The molecule has 1 atom stereocenters. The first-order valence-corrected chi connectivity index (χ1v) is 9.06. The lowest BCUT2D eigenvalue weighted by Gasteiger charge is -2.24. The molecule has 0 spiro atoms. The molecular weight excluding hydrogens is 345 g/mol. The fraction of sp³-hybridized carbons (Fsp3) is 0.273. The van der Waals surface area contributed by atoms with Crippen LogP contribution in [0.1, 0.15) is 52.2 Å². The number of halogens is 1. The van der Waals surface area contributed by atoms with Crippen LogP contribution in [0.25, 0.3) is 11.0 Å². The van der Waals surface area contributed by atoms with Crippen molar-refractivity contribution in [1.82, 2.24) is 4.90 Å². The molecule has 0 radical (unpaired) electrons. The van der Waals surface area contributed by atoms with Crippen LogP contribution in [0.5, 0.6) is 0 Å². The highest BCUT2D eigenvalue weighted by Gasteiger charge is 2.42. The Kier molecular flexibility index (Phi) is 4.10. The standard InChI is InChI=1S/C22H20FNO3/c1-4-9-24-19(14-5-7-15(23)8-6-14)18-20(25)17-13(3)10-12(2)11-16(17)27-21(18)22(24)26/h5-8,10-11,19H,4,9H2,1-3H3. The second kappa shape index (κ2) is 6.34. The van der Waals surface area contributed by atoms with Gasteiger partial charge in [0.25, 0.3) is 5.91 Å².